The van der Waals surface area contributed by atoms with E-state index in [1.165, 1.54) is 24.0 Å². The molecule has 0 radical (unpaired) electrons. The minimum absolute atomic E-state index is 0.0286. The lowest BCUT2D eigenvalue weighted by Crippen LogP contribution is -2.13. The van der Waals surface area contributed by atoms with Crippen LogP contribution in [0, 0.1) is 0 Å². The summed E-state index contributed by atoms with van der Waals surface area (Å²) >= 11 is 0.774. The molecule has 0 unspecified atom stereocenters. The van der Waals surface area contributed by atoms with Crippen molar-refractivity contribution in [2.24, 2.45) is 0 Å². The van der Waals surface area contributed by atoms with Crippen molar-refractivity contribution in [3.8, 4) is 0 Å². The number of ether oxygens (including phenoxy) is 1. The van der Waals surface area contributed by atoms with E-state index in [-0.39, 0.29) is 27.2 Å². The number of rotatable bonds is 8. The third-order valence-electron chi connectivity index (χ3n) is 3.74. The monoisotopic (exact) mass is 434 g/mol. The van der Waals surface area contributed by atoms with Gasteiger partial charge in [-0.05, 0) is 12.5 Å². The number of benzene rings is 1. The van der Waals surface area contributed by atoms with Gasteiger partial charge in [-0.1, -0.05) is 41.7 Å². The Kier molecular flexibility index (Phi) is 6.09. The molecule has 0 aliphatic heterocycles. The number of nitrogens with zero attached hydrogens (tertiary/aromatic N) is 3. The van der Waals surface area contributed by atoms with E-state index >= 15 is 0 Å². The van der Waals surface area contributed by atoms with Crippen LogP contribution < -0.4 is 4.72 Å². The molecule has 2 aromatic heterocycles. The molecule has 0 saturated carbocycles. The van der Waals surface area contributed by atoms with E-state index in [0.29, 0.717) is 6.54 Å². The smallest absolute Gasteiger partial charge is 0.358 e. The Balaban J connectivity index is 1.82. The molecule has 0 fully saturated rings. The average Bonchev–Trinajstić information content (AvgIpc) is 3.30. The second-order valence-corrected chi connectivity index (χ2v) is 8.62. The number of Topliss-reactive ketones (excluding diaryl/α,β-unsaturated/α-hetero) is 1. The standard InChI is InChI=1S/C18H18N4O5S2/c1-3-27-17(24)15-16(12(2)23)28-18(20-15)21-29(25,26)14-9-19-22(11-14)10-13-7-5-4-6-8-13/h4-9,11H,3,10H2,1-2H3,(H,20,21). The molecule has 0 spiro atoms. The van der Waals surface area contributed by atoms with Crippen LogP contribution in [0.3, 0.4) is 0 Å². The zero-order valence-electron chi connectivity index (χ0n) is 15.7. The van der Waals surface area contributed by atoms with Gasteiger partial charge in [0.15, 0.2) is 16.6 Å². The molecule has 0 saturated heterocycles. The Hall–Kier alpha value is -3.05. The highest BCUT2D eigenvalue weighted by molar-refractivity contribution is 7.93. The first-order valence-electron chi connectivity index (χ1n) is 8.58. The van der Waals surface area contributed by atoms with Crippen LogP contribution in [0.5, 0.6) is 0 Å². The van der Waals surface area contributed by atoms with Crippen molar-refractivity contribution in [3.63, 3.8) is 0 Å². The zero-order chi connectivity index (χ0) is 21.0. The lowest BCUT2D eigenvalue weighted by Gasteiger charge is -2.02. The molecule has 11 heteroatoms. The first-order chi connectivity index (χ1) is 13.8. The largest absolute Gasteiger partial charge is 0.461 e. The number of sulfonamides is 1. The summed E-state index contributed by atoms with van der Waals surface area (Å²) in [6, 6.07) is 9.47. The van der Waals surface area contributed by atoms with Crippen molar-refractivity contribution in [1.82, 2.24) is 14.8 Å². The van der Waals surface area contributed by atoms with Crippen LogP contribution in [-0.4, -0.2) is 41.5 Å². The summed E-state index contributed by atoms with van der Waals surface area (Å²) in [5.74, 6) is -1.19. The van der Waals surface area contributed by atoms with Gasteiger partial charge in [-0.15, -0.1) is 0 Å². The van der Waals surface area contributed by atoms with E-state index in [9.17, 15) is 18.0 Å². The topological polar surface area (TPSA) is 120 Å². The van der Waals surface area contributed by atoms with Gasteiger partial charge in [-0.2, -0.15) is 5.10 Å². The average molecular weight is 434 g/mol. The summed E-state index contributed by atoms with van der Waals surface area (Å²) < 4.78 is 34.0. The molecule has 29 heavy (non-hydrogen) atoms. The van der Waals surface area contributed by atoms with Gasteiger partial charge in [-0.25, -0.2) is 18.2 Å². The highest BCUT2D eigenvalue weighted by atomic mass is 32.2. The molecular weight excluding hydrogens is 416 g/mol. The summed E-state index contributed by atoms with van der Waals surface area (Å²) in [7, 11) is -4.00. The second kappa shape index (κ2) is 8.53. The van der Waals surface area contributed by atoms with Crippen LogP contribution in [0.15, 0.2) is 47.6 Å². The number of esters is 1. The predicted octanol–water partition coefficient (Wildman–Crippen LogP) is 2.57. The molecule has 152 valence electrons. The summed E-state index contributed by atoms with van der Waals surface area (Å²) in [5.41, 5.74) is 0.763. The molecule has 0 bridgehead atoms. The SMILES string of the molecule is CCOC(=O)c1nc(NS(=O)(=O)c2cnn(Cc3ccccc3)c2)sc1C(C)=O. The molecule has 0 aliphatic rings. The van der Waals surface area contributed by atoms with Crippen molar-refractivity contribution in [3.05, 3.63) is 58.9 Å². The number of aromatic nitrogens is 3. The molecule has 0 amide bonds. The van der Waals surface area contributed by atoms with Gasteiger partial charge in [0.2, 0.25) is 0 Å². The predicted molar refractivity (Wildman–Crippen MR) is 107 cm³/mol. The highest BCUT2D eigenvalue weighted by Crippen LogP contribution is 2.26. The van der Waals surface area contributed by atoms with Gasteiger partial charge in [0.05, 0.1) is 19.3 Å². The Morgan fingerprint density at radius 2 is 1.97 bits per heavy atom. The maximum atomic E-state index is 12.7. The number of hydrogen-bond donors (Lipinski definition) is 1. The second-order valence-electron chi connectivity index (χ2n) is 5.94. The maximum absolute atomic E-state index is 12.7. The van der Waals surface area contributed by atoms with Crippen molar-refractivity contribution in [1.29, 1.82) is 0 Å². The fraction of sp³-hybridized carbons (Fsp3) is 0.222. The van der Waals surface area contributed by atoms with Crippen molar-refractivity contribution in [2.45, 2.75) is 25.3 Å². The van der Waals surface area contributed by atoms with E-state index in [4.69, 9.17) is 4.74 Å². The van der Waals surface area contributed by atoms with E-state index in [2.05, 4.69) is 14.8 Å². The number of nitrogens with one attached hydrogen (secondary N) is 1. The van der Waals surface area contributed by atoms with Gasteiger partial charge in [-0.3, -0.25) is 14.2 Å². The number of ketones is 1. The number of anilines is 1. The molecule has 9 nitrogen and oxygen atoms in total. The van der Waals surface area contributed by atoms with E-state index in [1.54, 1.807) is 6.92 Å². The third kappa shape index (κ3) is 4.87. The molecule has 3 rings (SSSR count). The summed E-state index contributed by atoms with van der Waals surface area (Å²) in [6.07, 6.45) is 2.61. The Bertz CT molecular complexity index is 1140. The molecule has 2 heterocycles. The van der Waals surface area contributed by atoms with Gasteiger partial charge in [0, 0.05) is 13.1 Å². The number of hydrogen-bond acceptors (Lipinski definition) is 8. The maximum Gasteiger partial charge on any atom is 0.358 e. The number of carbonyl (C=O) groups excluding carboxylic acids is 2. The first-order valence-corrected chi connectivity index (χ1v) is 10.9. The normalized spacial score (nSPS) is 11.2. The van der Waals surface area contributed by atoms with Crippen molar-refractivity contribution < 1.29 is 22.7 Å². The molecule has 0 atom stereocenters. The minimum atomic E-state index is -4.00. The van der Waals surface area contributed by atoms with Crippen LogP contribution in [0.25, 0.3) is 0 Å². The fourth-order valence-corrected chi connectivity index (χ4v) is 4.49. The highest BCUT2D eigenvalue weighted by Gasteiger charge is 2.25. The first kappa shape index (κ1) is 20.7. The van der Waals surface area contributed by atoms with Crippen LogP contribution in [0.1, 0.15) is 39.6 Å². The summed E-state index contributed by atoms with van der Waals surface area (Å²) in [6.45, 7) is 3.40. The lowest BCUT2D eigenvalue weighted by atomic mass is 10.2. The quantitative estimate of drug-likeness (QED) is 0.427. The van der Waals surface area contributed by atoms with E-state index in [0.717, 1.165) is 16.9 Å². The van der Waals surface area contributed by atoms with E-state index in [1.807, 2.05) is 30.3 Å². The third-order valence-corrected chi connectivity index (χ3v) is 6.24. The Labute approximate surface area is 171 Å². The summed E-state index contributed by atoms with van der Waals surface area (Å²) in [4.78, 5) is 27.7. The van der Waals surface area contributed by atoms with Gasteiger partial charge < -0.3 is 4.74 Å². The van der Waals surface area contributed by atoms with Gasteiger partial charge in [0.25, 0.3) is 10.0 Å². The fourth-order valence-electron chi connectivity index (χ4n) is 2.45. The molecule has 3 aromatic rings. The Morgan fingerprint density at radius 1 is 1.24 bits per heavy atom. The molecule has 1 aromatic carbocycles. The number of carbonyl (C=O) groups is 2. The van der Waals surface area contributed by atoms with Crippen LogP contribution in [0.2, 0.25) is 0 Å². The summed E-state index contributed by atoms with van der Waals surface area (Å²) in [5, 5.41) is 3.97. The molecule has 1 N–H and O–H groups in total. The molecule has 0 aliphatic carbocycles. The van der Waals surface area contributed by atoms with Crippen LogP contribution in [-0.2, 0) is 21.3 Å². The van der Waals surface area contributed by atoms with Crippen LogP contribution >= 0.6 is 11.3 Å². The number of thiazole rings is 1. The minimum Gasteiger partial charge on any atom is -0.461 e. The molecular formula is C18H18N4O5S2. The van der Waals surface area contributed by atoms with E-state index < -0.39 is 21.8 Å². The Morgan fingerprint density at radius 3 is 2.62 bits per heavy atom. The van der Waals surface area contributed by atoms with Gasteiger partial charge in [0.1, 0.15) is 9.77 Å². The lowest BCUT2D eigenvalue weighted by molar-refractivity contribution is 0.0517. The van der Waals surface area contributed by atoms with Crippen molar-refractivity contribution in [2.75, 3.05) is 11.3 Å². The van der Waals surface area contributed by atoms with Crippen molar-refractivity contribution >= 4 is 38.2 Å². The zero-order valence-corrected chi connectivity index (χ0v) is 17.3. The van der Waals surface area contributed by atoms with Crippen LogP contribution in [0.4, 0.5) is 5.13 Å². The van der Waals surface area contributed by atoms with Gasteiger partial charge >= 0.3 is 5.97 Å².